The van der Waals surface area contributed by atoms with Gasteiger partial charge in [0, 0.05) is 25.9 Å². The number of rotatable bonds is 9. The van der Waals surface area contributed by atoms with Gasteiger partial charge in [0.05, 0.1) is 0 Å². The van der Waals surface area contributed by atoms with Crippen LogP contribution in [0.25, 0.3) is 0 Å². The molecule has 1 rings (SSSR count). The summed E-state index contributed by atoms with van der Waals surface area (Å²) in [5, 5.41) is 17.4. The molecule has 0 aliphatic carbocycles. The lowest BCUT2D eigenvalue weighted by Crippen LogP contribution is -2.37. The van der Waals surface area contributed by atoms with Gasteiger partial charge in [0.15, 0.2) is 5.82 Å². The minimum Gasteiger partial charge on any atom is -0.481 e. The lowest BCUT2D eigenvalue weighted by Gasteiger charge is -2.06. The SMILES string of the molecule is O=C(O)CCCCCNC(=O)NCCc1ncon1. The average molecular weight is 270 g/mol. The van der Waals surface area contributed by atoms with E-state index >= 15 is 0 Å². The number of hydrogen-bond donors (Lipinski definition) is 3. The van der Waals surface area contributed by atoms with Crippen LogP contribution in [0.15, 0.2) is 10.9 Å². The topological polar surface area (TPSA) is 117 Å². The molecule has 1 aromatic heterocycles. The number of unbranched alkanes of at least 4 members (excludes halogenated alkanes) is 2. The summed E-state index contributed by atoms with van der Waals surface area (Å²) < 4.78 is 4.56. The van der Waals surface area contributed by atoms with Gasteiger partial charge in [-0.3, -0.25) is 4.79 Å². The largest absolute Gasteiger partial charge is 0.481 e. The van der Waals surface area contributed by atoms with E-state index in [0.29, 0.717) is 31.8 Å². The van der Waals surface area contributed by atoms with Crippen LogP contribution in [0.4, 0.5) is 4.79 Å². The minimum absolute atomic E-state index is 0.177. The molecule has 3 N–H and O–H groups in total. The second-order valence-corrected chi connectivity index (χ2v) is 3.98. The van der Waals surface area contributed by atoms with Crippen LogP contribution in [-0.4, -0.2) is 40.3 Å². The molecular formula is C11H18N4O4. The van der Waals surface area contributed by atoms with Crippen molar-refractivity contribution in [1.29, 1.82) is 0 Å². The van der Waals surface area contributed by atoms with E-state index in [-0.39, 0.29) is 12.5 Å². The fourth-order valence-electron chi connectivity index (χ4n) is 1.43. The molecule has 0 spiro atoms. The standard InChI is InChI=1S/C11H18N4O4/c16-10(17)4-2-1-3-6-12-11(18)13-7-5-9-14-8-19-15-9/h8H,1-7H2,(H,16,17)(H2,12,13,18). The predicted molar refractivity (Wildman–Crippen MR) is 65.5 cm³/mol. The lowest BCUT2D eigenvalue weighted by atomic mass is 10.2. The third kappa shape index (κ3) is 7.74. The van der Waals surface area contributed by atoms with Crippen LogP contribution in [0, 0.1) is 0 Å². The summed E-state index contributed by atoms with van der Waals surface area (Å²) in [4.78, 5) is 25.4. The molecule has 106 valence electrons. The Morgan fingerprint density at radius 3 is 2.68 bits per heavy atom. The molecule has 0 bridgehead atoms. The molecule has 19 heavy (non-hydrogen) atoms. The number of carboxylic acid groups (broad SMARTS) is 1. The van der Waals surface area contributed by atoms with Gasteiger partial charge in [-0.25, -0.2) is 4.79 Å². The Bertz CT molecular complexity index is 380. The van der Waals surface area contributed by atoms with Gasteiger partial charge in [0.1, 0.15) is 0 Å². The molecule has 0 fully saturated rings. The van der Waals surface area contributed by atoms with Gasteiger partial charge in [-0.15, -0.1) is 0 Å². The van der Waals surface area contributed by atoms with Crippen molar-refractivity contribution < 1.29 is 19.2 Å². The summed E-state index contributed by atoms with van der Waals surface area (Å²) in [6.07, 6.45) is 4.13. The summed E-state index contributed by atoms with van der Waals surface area (Å²) in [5.41, 5.74) is 0. The lowest BCUT2D eigenvalue weighted by molar-refractivity contribution is -0.137. The Balaban J connectivity index is 1.92. The van der Waals surface area contributed by atoms with Gasteiger partial charge < -0.3 is 20.3 Å². The normalized spacial score (nSPS) is 10.1. The van der Waals surface area contributed by atoms with Crippen LogP contribution in [0.5, 0.6) is 0 Å². The van der Waals surface area contributed by atoms with E-state index in [4.69, 9.17) is 5.11 Å². The van der Waals surface area contributed by atoms with E-state index in [1.54, 1.807) is 0 Å². The molecule has 1 aromatic rings. The summed E-state index contributed by atoms with van der Waals surface area (Å²) in [6.45, 7) is 0.970. The van der Waals surface area contributed by atoms with Crippen LogP contribution < -0.4 is 10.6 Å². The Morgan fingerprint density at radius 2 is 2.00 bits per heavy atom. The molecule has 0 aliphatic rings. The molecule has 8 nitrogen and oxygen atoms in total. The van der Waals surface area contributed by atoms with E-state index in [1.807, 2.05) is 0 Å². The van der Waals surface area contributed by atoms with Crippen LogP contribution in [0.3, 0.4) is 0 Å². The first-order chi connectivity index (χ1) is 9.18. The number of aliphatic carboxylic acids is 1. The van der Waals surface area contributed by atoms with Crippen molar-refractivity contribution in [2.75, 3.05) is 13.1 Å². The number of carboxylic acids is 1. The van der Waals surface area contributed by atoms with Gasteiger partial charge in [-0.05, 0) is 12.8 Å². The van der Waals surface area contributed by atoms with Crippen molar-refractivity contribution in [2.45, 2.75) is 32.1 Å². The predicted octanol–water partition coefficient (Wildman–Crippen LogP) is 0.556. The third-order valence-corrected chi connectivity index (χ3v) is 2.39. The fourth-order valence-corrected chi connectivity index (χ4v) is 1.43. The Hall–Kier alpha value is -2.12. The zero-order valence-corrected chi connectivity index (χ0v) is 10.6. The van der Waals surface area contributed by atoms with Crippen molar-refractivity contribution in [3.8, 4) is 0 Å². The Morgan fingerprint density at radius 1 is 1.21 bits per heavy atom. The molecular weight excluding hydrogens is 252 g/mol. The minimum atomic E-state index is -0.785. The van der Waals surface area contributed by atoms with Gasteiger partial charge in [-0.2, -0.15) is 4.98 Å². The zero-order chi connectivity index (χ0) is 13.9. The van der Waals surface area contributed by atoms with E-state index in [1.165, 1.54) is 6.39 Å². The highest BCUT2D eigenvalue weighted by molar-refractivity contribution is 5.73. The number of amides is 2. The Labute approximate surface area is 110 Å². The maximum absolute atomic E-state index is 11.3. The summed E-state index contributed by atoms with van der Waals surface area (Å²) in [5.74, 6) is -0.235. The number of urea groups is 1. The first kappa shape index (κ1) is 14.9. The molecule has 0 radical (unpaired) electrons. The second-order valence-electron chi connectivity index (χ2n) is 3.98. The van der Waals surface area contributed by atoms with Gasteiger partial charge in [0.25, 0.3) is 0 Å². The molecule has 0 aromatic carbocycles. The zero-order valence-electron chi connectivity index (χ0n) is 10.6. The first-order valence-corrected chi connectivity index (χ1v) is 6.17. The van der Waals surface area contributed by atoms with Gasteiger partial charge in [0.2, 0.25) is 6.39 Å². The molecule has 2 amide bonds. The average Bonchev–Trinajstić information content (AvgIpc) is 2.86. The summed E-state index contributed by atoms with van der Waals surface area (Å²) in [6, 6.07) is -0.248. The maximum atomic E-state index is 11.3. The van der Waals surface area contributed by atoms with E-state index in [0.717, 1.165) is 12.8 Å². The van der Waals surface area contributed by atoms with Crippen molar-refractivity contribution in [1.82, 2.24) is 20.8 Å². The van der Waals surface area contributed by atoms with Gasteiger partial charge >= 0.3 is 12.0 Å². The molecule has 0 saturated heterocycles. The monoisotopic (exact) mass is 270 g/mol. The van der Waals surface area contributed by atoms with Crippen LogP contribution in [-0.2, 0) is 11.2 Å². The number of carbonyl (C=O) groups is 2. The van der Waals surface area contributed by atoms with Crippen molar-refractivity contribution >= 4 is 12.0 Å². The van der Waals surface area contributed by atoms with E-state index < -0.39 is 5.97 Å². The number of nitrogens with zero attached hydrogens (tertiary/aromatic N) is 2. The number of hydrogen-bond acceptors (Lipinski definition) is 5. The van der Waals surface area contributed by atoms with Crippen molar-refractivity contribution in [3.05, 3.63) is 12.2 Å². The van der Waals surface area contributed by atoms with Crippen molar-refractivity contribution in [3.63, 3.8) is 0 Å². The number of carbonyl (C=O) groups excluding carboxylic acids is 1. The van der Waals surface area contributed by atoms with Gasteiger partial charge in [-0.1, -0.05) is 11.6 Å². The molecule has 0 aliphatic heterocycles. The van der Waals surface area contributed by atoms with Crippen molar-refractivity contribution in [2.24, 2.45) is 0 Å². The summed E-state index contributed by atoms with van der Waals surface area (Å²) >= 11 is 0. The molecule has 0 saturated carbocycles. The second kappa shape index (κ2) is 8.90. The van der Waals surface area contributed by atoms with E-state index in [2.05, 4.69) is 25.3 Å². The smallest absolute Gasteiger partial charge is 0.314 e. The van der Waals surface area contributed by atoms with E-state index in [9.17, 15) is 9.59 Å². The Kier molecular flexibility index (Phi) is 7.00. The molecule has 8 heteroatoms. The highest BCUT2D eigenvalue weighted by Gasteiger charge is 2.02. The van der Waals surface area contributed by atoms with Crippen LogP contribution >= 0.6 is 0 Å². The number of nitrogens with one attached hydrogen (secondary N) is 2. The maximum Gasteiger partial charge on any atom is 0.314 e. The highest BCUT2D eigenvalue weighted by atomic mass is 16.5. The summed E-state index contributed by atoms with van der Waals surface area (Å²) in [7, 11) is 0. The molecule has 1 heterocycles. The fraction of sp³-hybridized carbons (Fsp3) is 0.636. The van der Waals surface area contributed by atoms with Crippen LogP contribution in [0.1, 0.15) is 31.5 Å². The quantitative estimate of drug-likeness (QED) is 0.564. The first-order valence-electron chi connectivity index (χ1n) is 6.17. The highest BCUT2D eigenvalue weighted by Crippen LogP contribution is 1.98. The molecule has 0 atom stereocenters. The molecule has 0 unspecified atom stereocenters. The third-order valence-electron chi connectivity index (χ3n) is 2.39. The van der Waals surface area contributed by atoms with Crippen LogP contribution in [0.2, 0.25) is 0 Å². The number of aromatic nitrogens is 2.